The van der Waals surface area contributed by atoms with E-state index in [9.17, 15) is 0 Å². The molecule has 26 heavy (non-hydrogen) atoms. The highest BCUT2D eigenvalue weighted by atomic mass is 15.4. The minimum Gasteiger partial charge on any atom is -0.331 e. The summed E-state index contributed by atoms with van der Waals surface area (Å²) in [6.07, 6.45) is 0. The Morgan fingerprint density at radius 1 is 0.577 bits per heavy atom. The Labute approximate surface area is 142 Å². The average Bonchev–Trinajstić information content (AvgIpc) is 2.92. The highest BCUT2D eigenvalue weighted by Gasteiger charge is 2.41. The van der Waals surface area contributed by atoms with Gasteiger partial charge in [-0.2, -0.15) is 0 Å². The van der Waals surface area contributed by atoms with Crippen LogP contribution in [0.25, 0.3) is 0 Å². The first kappa shape index (κ1) is 11.6. The predicted molar refractivity (Wildman–Crippen MR) is 88.0 cm³/mol. The predicted octanol–water partition coefficient (Wildman–Crippen LogP) is 2.28. The monoisotopic (exact) mass is 338 g/mol. The Morgan fingerprint density at radius 3 is 1.77 bits per heavy atom. The molecule has 6 aliphatic rings. The summed E-state index contributed by atoms with van der Waals surface area (Å²) in [6, 6.07) is 0. The van der Waals surface area contributed by atoms with Gasteiger partial charge in [-0.05, 0) is 6.82 Å². The van der Waals surface area contributed by atoms with E-state index in [2.05, 4.69) is 42.5 Å². The number of fused-ring (bicyclic) bond motifs is 9. The molecule has 6 aliphatic heterocycles. The maximum Gasteiger partial charge on any atom is 0.386 e. The second kappa shape index (κ2) is 3.27. The van der Waals surface area contributed by atoms with Crippen LogP contribution in [0.2, 0.25) is 6.82 Å². The molecule has 2 aromatic rings. The Bertz CT molecular complexity index is 1490. The Kier molecular flexibility index (Phi) is 1.46. The van der Waals surface area contributed by atoms with Crippen molar-refractivity contribution in [3.63, 3.8) is 0 Å². The molecule has 2 aromatic heterocycles. The van der Waals surface area contributed by atoms with E-state index in [0.717, 1.165) is 34.1 Å². The minimum absolute atomic E-state index is 0.137. The largest absolute Gasteiger partial charge is 0.386 e. The summed E-state index contributed by atoms with van der Waals surface area (Å²) < 4.78 is 3.99. The fourth-order valence-corrected chi connectivity index (χ4v) is 3.92. The van der Waals surface area contributed by atoms with Crippen molar-refractivity contribution in [1.82, 2.24) is 8.96 Å². The second-order valence-corrected chi connectivity index (χ2v) is 6.45. The van der Waals surface area contributed by atoms with Crippen molar-refractivity contribution < 1.29 is 0 Å². The summed E-state index contributed by atoms with van der Waals surface area (Å²) in [5.74, 6) is 2.35. The van der Waals surface area contributed by atoms with Crippen molar-refractivity contribution in [2.24, 2.45) is 50.7 Å². The Balaban J connectivity index is 1.65. The Hall–Kier alpha value is -3.90. The molecule has 0 aliphatic carbocycles. The van der Waals surface area contributed by atoms with E-state index in [1.807, 2.05) is 8.96 Å². The van der Waals surface area contributed by atoms with E-state index in [1.165, 1.54) is 0 Å². The third kappa shape index (κ3) is 0.967. The summed E-state index contributed by atoms with van der Waals surface area (Å²) in [4.78, 5) is 18.8. The Morgan fingerprint density at radius 2 is 1.15 bits per heavy atom. The molecule has 0 aromatic carbocycles. The summed E-state index contributed by atoms with van der Waals surface area (Å²) in [7, 11) is 0. The molecule has 0 fully saturated rings. The van der Waals surface area contributed by atoms with Crippen molar-refractivity contribution >= 4 is 53.0 Å². The number of aromatic nitrogens is 2. The lowest BCUT2D eigenvalue weighted by atomic mass is 9.78. The molecule has 13 heteroatoms. The number of hydrogen-bond donors (Lipinski definition) is 0. The number of azo groups is 3. The van der Waals surface area contributed by atoms with E-state index in [-0.39, 0.29) is 6.98 Å². The first-order chi connectivity index (χ1) is 12.8. The first-order valence-corrected chi connectivity index (χ1v) is 7.97. The van der Waals surface area contributed by atoms with Gasteiger partial charge >= 0.3 is 6.98 Å². The molecule has 0 saturated heterocycles. The molecule has 0 atom stereocenters. The van der Waals surface area contributed by atoms with Gasteiger partial charge in [-0.3, -0.25) is 0 Å². The van der Waals surface area contributed by atoms with Crippen molar-refractivity contribution in [3.8, 4) is 0 Å². The topological polar surface area (TPSA) is 133 Å². The fraction of sp³-hybridized carbons (Fsp3) is 0.0769. The van der Waals surface area contributed by atoms with Crippen LogP contribution in [-0.2, 0) is 0 Å². The molecule has 0 saturated carbocycles. The summed E-state index contributed by atoms with van der Waals surface area (Å²) >= 11 is 0. The van der Waals surface area contributed by atoms with Gasteiger partial charge in [0.15, 0.2) is 68.4 Å². The van der Waals surface area contributed by atoms with Crippen LogP contribution in [0.1, 0.15) is 0 Å². The summed E-state index contributed by atoms with van der Waals surface area (Å²) in [5, 5.41) is 24.7. The molecule has 8 rings (SSSR count). The van der Waals surface area contributed by atoms with E-state index in [4.69, 9.17) is 15.0 Å². The van der Waals surface area contributed by atoms with Crippen LogP contribution in [0.3, 0.4) is 0 Å². The quantitative estimate of drug-likeness (QED) is 0.435. The van der Waals surface area contributed by atoms with Gasteiger partial charge < -0.3 is 8.96 Å². The molecule has 12 nitrogen and oxygen atoms in total. The van der Waals surface area contributed by atoms with Gasteiger partial charge in [-0.1, -0.05) is 0 Å². The van der Waals surface area contributed by atoms with Gasteiger partial charge in [-0.25, -0.2) is 20.0 Å². The number of hydrogen-bond acceptors (Lipinski definition) is 10. The molecule has 4 bridgehead atoms. The number of aliphatic imine (C=N–C) groups is 2. The van der Waals surface area contributed by atoms with Crippen LogP contribution in [0.4, 0.5) is 34.4 Å². The standard InChI is InChI=1S/C13H3BN12/c1-14-25-10-4-6(23-21-4)12(25)18-13-7-5(22-24-7)11(26(13)14)17-9-3-2(19-20-3)8(15-9)16-10/h1H3/b16-8-,16-10?,17-9?,17-11-. The van der Waals surface area contributed by atoms with E-state index in [0.29, 0.717) is 34.4 Å². The summed E-state index contributed by atoms with van der Waals surface area (Å²) in [6.45, 7) is 1.92. The highest BCUT2D eigenvalue weighted by Crippen LogP contribution is 2.55. The third-order valence-corrected chi connectivity index (χ3v) is 5.20. The number of nitrogens with zero attached hydrogens (tertiary/aromatic N) is 12. The zero-order valence-electron chi connectivity index (χ0n) is 12.9. The van der Waals surface area contributed by atoms with E-state index < -0.39 is 0 Å². The van der Waals surface area contributed by atoms with Gasteiger partial charge in [0.2, 0.25) is 0 Å². The van der Waals surface area contributed by atoms with E-state index in [1.54, 1.807) is 0 Å². The average molecular weight is 338 g/mol. The van der Waals surface area contributed by atoms with Crippen molar-refractivity contribution in [2.45, 2.75) is 6.82 Å². The molecular formula is C13H3BN12. The molecule has 0 unspecified atom stereocenters. The van der Waals surface area contributed by atoms with Crippen LogP contribution >= 0.6 is 0 Å². The molecule has 0 radical (unpaired) electrons. The first-order valence-electron chi connectivity index (χ1n) is 7.97. The van der Waals surface area contributed by atoms with Crippen molar-refractivity contribution in [3.05, 3.63) is 22.4 Å². The third-order valence-electron chi connectivity index (χ3n) is 5.20. The molecule has 118 valence electrons. The zero-order valence-corrected chi connectivity index (χ0v) is 12.9. The van der Waals surface area contributed by atoms with Crippen LogP contribution in [0, 0.1) is 0 Å². The number of amidine groups is 2. The van der Waals surface area contributed by atoms with Crippen molar-refractivity contribution in [2.75, 3.05) is 0 Å². The lowest BCUT2D eigenvalue weighted by molar-refractivity contribution is 0.913. The molecule has 8 heterocycles. The smallest absolute Gasteiger partial charge is 0.331 e. The molecule has 0 N–H and O–H groups in total. The molecule has 0 amide bonds. The van der Waals surface area contributed by atoms with Gasteiger partial charge in [-0.15, -0.1) is 30.7 Å². The van der Waals surface area contributed by atoms with Gasteiger partial charge in [0.05, 0.1) is 0 Å². The SMILES string of the molecule is CB1n2c3c4c(c2/N=C2N=C(/N=c5/c6c(c(n51)=N3)N=N6)C1=C\2N=N1)N=N4. The van der Waals surface area contributed by atoms with Crippen LogP contribution in [-0.4, -0.2) is 27.6 Å². The van der Waals surface area contributed by atoms with Gasteiger partial charge in [0.25, 0.3) is 0 Å². The van der Waals surface area contributed by atoms with E-state index >= 15 is 0 Å². The molecule has 0 spiro atoms. The lowest BCUT2D eigenvalue weighted by Gasteiger charge is -2.19. The van der Waals surface area contributed by atoms with Crippen LogP contribution in [0.15, 0.2) is 62.0 Å². The lowest BCUT2D eigenvalue weighted by Crippen LogP contribution is -2.46. The normalized spacial score (nSPS) is 23.4. The van der Waals surface area contributed by atoms with Crippen LogP contribution < -0.4 is 11.0 Å². The maximum atomic E-state index is 4.79. The minimum atomic E-state index is -0.137. The van der Waals surface area contributed by atoms with Crippen LogP contribution in [0.5, 0.6) is 0 Å². The van der Waals surface area contributed by atoms with Gasteiger partial charge in [0, 0.05) is 0 Å². The van der Waals surface area contributed by atoms with Crippen molar-refractivity contribution in [1.29, 1.82) is 0 Å². The van der Waals surface area contributed by atoms with Gasteiger partial charge in [0.1, 0.15) is 0 Å². The number of rotatable bonds is 0. The molecular weight excluding hydrogens is 335 g/mol. The second-order valence-electron chi connectivity index (χ2n) is 6.45. The maximum absolute atomic E-state index is 4.79. The zero-order chi connectivity index (χ0) is 16.7. The fourth-order valence-electron chi connectivity index (χ4n) is 3.92. The summed E-state index contributed by atoms with van der Waals surface area (Å²) in [5.41, 5.74) is 5.58. The highest BCUT2D eigenvalue weighted by molar-refractivity contribution is 6.56.